The Hall–Kier alpha value is -2.27. The average Bonchev–Trinajstić information content (AvgIpc) is 2.51. The molecule has 2 nitrogen and oxygen atoms in total. The predicted octanol–water partition coefficient (Wildman–Crippen LogP) is 4.50. The molecule has 2 rings (SSSR count). The lowest BCUT2D eigenvalue weighted by Gasteiger charge is -2.18. The molecule has 2 aromatic rings. The summed E-state index contributed by atoms with van der Waals surface area (Å²) in [5.41, 5.74) is 2.22. The second-order valence-corrected chi connectivity index (χ2v) is 4.81. The maximum Gasteiger partial charge on any atom is 0.119 e. The van der Waals surface area contributed by atoms with Crippen LogP contribution in [-0.2, 0) is 0 Å². The van der Waals surface area contributed by atoms with Crippen molar-refractivity contribution in [3.05, 3.63) is 65.7 Å². The molecule has 0 heterocycles. The molecule has 0 spiro atoms. The SMILES string of the molecule is CCOc1ccc(C(C#N)C(C)c2ccccc2)cc1. The van der Waals surface area contributed by atoms with Gasteiger partial charge in [0, 0.05) is 5.92 Å². The molecule has 0 aromatic heterocycles. The van der Waals surface area contributed by atoms with E-state index in [1.165, 1.54) is 5.56 Å². The van der Waals surface area contributed by atoms with Gasteiger partial charge in [-0.2, -0.15) is 5.26 Å². The number of hydrogen-bond acceptors (Lipinski definition) is 2. The lowest BCUT2D eigenvalue weighted by Crippen LogP contribution is -2.06. The van der Waals surface area contributed by atoms with Gasteiger partial charge < -0.3 is 4.74 Å². The summed E-state index contributed by atoms with van der Waals surface area (Å²) < 4.78 is 5.44. The van der Waals surface area contributed by atoms with Gasteiger partial charge in [-0.15, -0.1) is 0 Å². The van der Waals surface area contributed by atoms with Gasteiger partial charge in [0.2, 0.25) is 0 Å². The Morgan fingerprint density at radius 1 is 1.00 bits per heavy atom. The van der Waals surface area contributed by atoms with Gasteiger partial charge >= 0.3 is 0 Å². The monoisotopic (exact) mass is 265 g/mol. The largest absolute Gasteiger partial charge is 0.494 e. The van der Waals surface area contributed by atoms with E-state index in [9.17, 15) is 5.26 Å². The van der Waals surface area contributed by atoms with Crippen molar-refractivity contribution in [2.24, 2.45) is 0 Å². The lowest BCUT2D eigenvalue weighted by molar-refractivity contribution is 0.340. The Morgan fingerprint density at radius 2 is 1.65 bits per heavy atom. The molecular weight excluding hydrogens is 246 g/mol. The smallest absolute Gasteiger partial charge is 0.119 e. The molecule has 2 aromatic carbocycles. The quantitative estimate of drug-likeness (QED) is 0.797. The van der Waals surface area contributed by atoms with Gasteiger partial charge in [-0.05, 0) is 30.2 Å². The first kappa shape index (κ1) is 14.1. The second kappa shape index (κ2) is 6.77. The minimum absolute atomic E-state index is 0.145. The first-order chi connectivity index (χ1) is 9.76. The molecule has 0 aliphatic heterocycles. The van der Waals surface area contributed by atoms with Gasteiger partial charge in [-0.1, -0.05) is 49.4 Å². The van der Waals surface area contributed by atoms with Crippen LogP contribution in [0.25, 0.3) is 0 Å². The van der Waals surface area contributed by atoms with Gasteiger partial charge in [0.15, 0.2) is 0 Å². The van der Waals surface area contributed by atoms with Crippen molar-refractivity contribution in [3.63, 3.8) is 0 Å². The highest BCUT2D eigenvalue weighted by Gasteiger charge is 2.20. The number of rotatable bonds is 5. The third-order valence-corrected chi connectivity index (χ3v) is 3.51. The third-order valence-electron chi connectivity index (χ3n) is 3.51. The minimum atomic E-state index is -0.145. The fraction of sp³-hybridized carbons (Fsp3) is 0.278. The van der Waals surface area contributed by atoms with Crippen molar-refractivity contribution >= 4 is 0 Å². The van der Waals surface area contributed by atoms with E-state index >= 15 is 0 Å². The van der Waals surface area contributed by atoms with Crippen molar-refractivity contribution < 1.29 is 4.74 Å². The third kappa shape index (κ3) is 3.19. The maximum absolute atomic E-state index is 9.50. The van der Waals surface area contributed by atoms with E-state index in [1.54, 1.807) is 0 Å². The molecular formula is C18H19NO. The molecule has 0 saturated heterocycles. The van der Waals surface area contributed by atoms with Crippen LogP contribution in [0.3, 0.4) is 0 Å². The van der Waals surface area contributed by atoms with E-state index in [2.05, 4.69) is 25.1 Å². The molecule has 2 atom stereocenters. The summed E-state index contributed by atoms with van der Waals surface area (Å²) in [5.74, 6) is 0.868. The minimum Gasteiger partial charge on any atom is -0.494 e. The number of nitriles is 1. The first-order valence-electron chi connectivity index (χ1n) is 6.93. The molecule has 0 N–H and O–H groups in total. The molecule has 0 aliphatic carbocycles. The van der Waals surface area contributed by atoms with Gasteiger partial charge in [0.05, 0.1) is 18.6 Å². The van der Waals surface area contributed by atoms with Crippen LogP contribution in [0.5, 0.6) is 5.75 Å². The topological polar surface area (TPSA) is 33.0 Å². The number of nitrogens with zero attached hydrogens (tertiary/aromatic N) is 1. The van der Waals surface area contributed by atoms with Crippen LogP contribution in [0.15, 0.2) is 54.6 Å². The summed E-state index contributed by atoms with van der Waals surface area (Å²) in [5, 5.41) is 9.50. The first-order valence-corrected chi connectivity index (χ1v) is 6.93. The highest BCUT2D eigenvalue weighted by molar-refractivity contribution is 5.36. The Balaban J connectivity index is 2.22. The molecule has 0 amide bonds. The molecule has 0 aliphatic rings. The zero-order chi connectivity index (χ0) is 14.4. The number of benzene rings is 2. The van der Waals surface area contributed by atoms with Crippen molar-refractivity contribution in [2.45, 2.75) is 25.7 Å². The van der Waals surface area contributed by atoms with Crippen LogP contribution in [0.4, 0.5) is 0 Å². The summed E-state index contributed by atoms with van der Waals surface area (Å²) in [4.78, 5) is 0. The van der Waals surface area contributed by atoms with Crippen LogP contribution in [0, 0.1) is 11.3 Å². The van der Waals surface area contributed by atoms with Crippen molar-refractivity contribution in [1.82, 2.24) is 0 Å². The van der Waals surface area contributed by atoms with Gasteiger partial charge in [0.1, 0.15) is 5.75 Å². The summed E-state index contributed by atoms with van der Waals surface area (Å²) in [6.07, 6.45) is 0. The maximum atomic E-state index is 9.50. The van der Waals surface area contributed by atoms with Crippen LogP contribution < -0.4 is 4.74 Å². The molecule has 102 valence electrons. The van der Waals surface area contributed by atoms with Gasteiger partial charge in [-0.3, -0.25) is 0 Å². The molecule has 20 heavy (non-hydrogen) atoms. The Kier molecular flexibility index (Phi) is 4.79. The molecule has 0 bridgehead atoms. The van der Waals surface area contributed by atoms with Crippen LogP contribution >= 0.6 is 0 Å². The fourth-order valence-corrected chi connectivity index (χ4v) is 2.36. The fourth-order valence-electron chi connectivity index (χ4n) is 2.36. The highest BCUT2D eigenvalue weighted by atomic mass is 16.5. The van der Waals surface area contributed by atoms with Crippen LogP contribution in [0.1, 0.15) is 36.8 Å². The molecule has 0 saturated carbocycles. The van der Waals surface area contributed by atoms with Crippen molar-refractivity contribution in [3.8, 4) is 11.8 Å². The predicted molar refractivity (Wildman–Crippen MR) is 80.8 cm³/mol. The van der Waals surface area contributed by atoms with E-state index in [0.29, 0.717) is 6.61 Å². The van der Waals surface area contributed by atoms with E-state index in [-0.39, 0.29) is 11.8 Å². The normalized spacial score (nSPS) is 13.2. The molecule has 2 unspecified atom stereocenters. The summed E-state index contributed by atoms with van der Waals surface area (Å²) in [6, 6.07) is 20.4. The Bertz CT molecular complexity index is 569. The zero-order valence-electron chi connectivity index (χ0n) is 11.9. The summed E-state index contributed by atoms with van der Waals surface area (Å²) in [7, 11) is 0. The van der Waals surface area contributed by atoms with Crippen LogP contribution in [-0.4, -0.2) is 6.61 Å². The number of ether oxygens (including phenoxy) is 1. The Labute approximate surface area is 120 Å². The summed E-state index contributed by atoms with van der Waals surface area (Å²) in [6.45, 7) is 4.71. The standard InChI is InChI=1S/C18H19NO/c1-3-20-17-11-9-16(10-12-17)18(13-19)14(2)15-7-5-4-6-8-15/h4-12,14,18H,3H2,1-2H3. The second-order valence-electron chi connectivity index (χ2n) is 4.81. The highest BCUT2D eigenvalue weighted by Crippen LogP contribution is 2.32. The average molecular weight is 265 g/mol. The van der Waals surface area contributed by atoms with E-state index in [1.807, 2.05) is 49.4 Å². The van der Waals surface area contributed by atoms with Crippen molar-refractivity contribution in [1.29, 1.82) is 5.26 Å². The Morgan fingerprint density at radius 3 is 2.20 bits per heavy atom. The molecule has 0 radical (unpaired) electrons. The van der Waals surface area contributed by atoms with E-state index < -0.39 is 0 Å². The summed E-state index contributed by atoms with van der Waals surface area (Å²) >= 11 is 0. The van der Waals surface area contributed by atoms with Crippen molar-refractivity contribution in [2.75, 3.05) is 6.61 Å². The van der Waals surface area contributed by atoms with Gasteiger partial charge in [0.25, 0.3) is 0 Å². The number of hydrogen-bond donors (Lipinski definition) is 0. The molecule has 0 fully saturated rings. The lowest BCUT2D eigenvalue weighted by atomic mass is 9.84. The van der Waals surface area contributed by atoms with E-state index in [4.69, 9.17) is 4.74 Å². The molecule has 2 heteroatoms. The van der Waals surface area contributed by atoms with Crippen LogP contribution in [0.2, 0.25) is 0 Å². The van der Waals surface area contributed by atoms with E-state index in [0.717, 1.165) is 11.3 Å². The van der Waals surface area contributed by atoms with Gasteiger partial charge in [-0.25, -0.2) is 0 Å². The zero-order valence-corrected chi connectivity index (χ0v) is 11.9.